The van der Waals surface area contributed by atoms with Crippen molar-refractivity contribution in [1.82, 2.24) is 0 Å². The Bertz CT molecular complexity index is 929. The third-order valence-electron chi connectivity index (χ3n) is 3.93. The van der Waals surface area contributed by atoms with E-state index < -0.39 is 5.97 Å². The van der Waals surface area contributed by atoms with E-state index in [1.165, 1.54) is 11.3 Å². The number of aliphatic carboxylic acids is 1. The second-order valence-electron chi connectivity index (χ2n) is 5.84. The van der Waals surface area contributed by atoms with Crippen molar-refractivity contribution in [1.29, 1.82) is 0 Å². The van der Waals surface area contributed by atoms with Crippen LogP contribution in [0.5, 0.6) is 11.5 Å². The van der Waals surface area contributed by atoms with E-state index in [1.807, 2.05) is 66.9 Å². The molecule has 2 aromatic carbocycles. The van der Waals surface area contributed by atoms with Crippen LogP contribution < -0.4 is 9.47 Å². The fraction of sp³-hybridized carbons (Fsp3) is 0.136. The molecule has 0 amide bonds. The predicted molar refractivity (Wildman–Crippen MR) is 108 cm³/mol. The summed E-state index contributed by atoms with van der Waals surface area (Å²) in [4.78, 5) is 12.3. The summed E-state index contributed by atoms with van der Waals surface area (Å²) in [5, 5.41) is 11.4. The molecule has 5 heteroatoms. The SMILES string of the molecule is Cc1ccccc1OCCOc1ccccc1/C=C(\C(=O)O)c1cccs1. The molecule has 4 nitrogen and oxygen atoms in total. The molecule has 0 aliphatic carbocycles. The van der Waals surface area contributed by atoms with Gasteiger partial charge in [0.25, 0.3) is 0 Å². The van der Waals surface area contributed by atoms with Gasteiger partial charge in [0.05, 0.1) is 5.57 Å². The molecule has 1 heterocycles. The van der Waals surface area contributed by atoms with E-state index in [0.717, 1.165) is 16.9 Å². The summed E-state index contributed by atoms with van der Waals surface area (Å²) in [6, 6.07) is 18.8. The smallest absolute Gasteiger partial charge is 0.337 e. The van der Waals surface area contributed by atoms with Gasteiger partial charge in [-0.1, -0.05) is 42.5 Å². The van der Waals surface area contributed by atoms with Gasteiger partial charge in [0, 0.05) is 10.4 Å². The van der Waals surface area contributed by atoms with Crippen LogP contribution in [-0.4, -0.2) is 24.3 Å². The number of carboxylic acids is 1. The third-order valence-corrected chi connectivity index (χ3v) is 4.83. The third kappa shape index (κ3) is 4.99. The van der Waals surface area contributed by atoms with Crippen LogP contribution in [0.25, 0.3) is 11.6 Å². The summed E-state index contributed by atoms with van der Waals surface area (Å²) in [6.45, 7) is 2.76. The average molecular weight is 380 g/mol. The Labute approximate surface area is 162 Å². The number of ether oxygens (including phenoxy) is 2. The second kappa shape index (κ2) is 9.05. The van der Waals surface area contributed by atoms with Gasteiger partial charge in [-0.2, -0.15) is 0 Å². The highest BCUT2D eigenvalue weighted by molar-refractivity contribution is 7.11. The first-order valence-electron chi connectivity index (χ1n) is 8.54. The van der Waals surface area contributed by atoms with Crippen LogP contribution in [0.2, 0.25) is 0 Å². The van der Waals surface area contributed by atoms with E-state index in [2.05, 4.69) is 0 Å². The lowest BCUT2D eigenvalue weighted by atomic mass is 10.1. The Kier molecular flexibility index (Phi) is 6.28. The first-order valence-corrected chi connectivity index (χ1v) is 9.42. The van der Waals surface area contributed by atoms with E-state index in [4.69, 9.17) is 9.47 Å². The van der Waals surface area contributed by atoms with Crippen LogP contribution >= 0.6 is 11.3 Å². The van der Waals surface area contributed by atoms with Gasteiger partial charge in [0.2, 0.25) is 0 Å². The van der Waals surface area contributed by atoms with Gasteiger partial charge >= 0.3 is 5.97 Å². The fourth-order valence-corrected chi connectivity index (χ4v) is 3.31. The van der Waals surface area contributed by atoms with E-state index in [-0.39, 0.29) is 5.57 Å². The zero-order valence-corrected chi connectivity index (χ0v) is 15.7. The molecule has 0 fully saturated rings. The highest BCUT2D eigenvalue weighted by Gasteiger charge is 2.13. The van der Waals surface area contributed by atoms with Crippen LogP contribution in [0.4, 0.5) is 0 Å². The van der Waals surface area contributed by atoms with Crippen molar-refractivity contribution < 1.29 is 19.4 Å². The molecule has 0 aliphatic heterocycles. The normalized spacial score (nSPS) is 11.2. The highest BCUT2D eigenvalue weighted by Crippen LogP contribution is 2.27. The van der Waals surface area contributed by atoms with Gasteiger partial charge < -0.3 is 14.6 Å². The zero-order valence-electron chi connectivity index (χ0n) is 14.9. The molecule has 0 saturated heterocycles. The molecule has 3 rings (SSSR count). The van der Waals surface area contributed by atoms with Crippen LogP contribution in [0.3, 0.4) is 0 Å². The minimum absolute atomic E-state index is 0.247. The van der Waals surface area contributed by atoms with Crippen molar-refractivity contribution in [2.75, 3.05) is 13.2 Å². The van der Waals surface area contributed by atoms with Crippen LogP contribution in [0, 0.1) is 6.92 Å². The standard InChI is InChI=1S/C22H20O4S/c1-16-7-2-4-9-19(16)25-12-13-26-20-10-5-3-8-17(20)15-18(22(23)24)21-11-6-14-27-21/h2-11,14-15H,12-13H2,1H3,(H,23,24)/b18-15-. The van der Waals surface area contributed by atoms with Crippen molar-refractivity contribution in [3.05, 3.63) is 82.0 Å². The average Bonchev–Trinajstić information content (AvgIpc) is 3.19. The lowest BCUT2D eigenvalue weighted by Gasteiger charge is -2.12. The summed E-state index contributed by atoms with van der Waals surface area (Å²) >= 11 is 1.39. The summed E-state index contributed by atoms with van der Waals surface area (Å²) in [5.41, 5.74) is 2.04. The van der Waals surface area contributed by atoms with E-state index in [1.54, 1.807) is 12.1 Å². The van der Waals surface area contributed by atoms with E-state index in [0.29, 0.717) is 23.8 Å². The fourth-order valence-electron chi connectivity index (χ4n) is 2.58. The molecule has 0 spiro atoms. The molecule has 0 atom stereocenters. The zero-order chi connectivity index (χ0) is 19.1. The van der Waals surface area contributed by atoms with Gasteiger partial charge in [-0.25, -0.2) is 4.79 Å². The van der Waals surface area contributed by atoms with Gasteiger partial charge in [-0.15, -0.1) is 11.3 Å². The van der Waals surface area contributed by atoms with Crippen molar-refractivity contribution in [2.24, 2.45) is 0 Å². The minimum Gasteiger partial charge on any atom is -0.490 e. The monoisotopic (exact) mass is 380 g/mol. The number of hydrogen-bond donors (Lipinski definition) is 1. The largest absolute Gasteiger partial charge is 0.490 e. The number of carboxylic acid groups (broad SMARTS) is 1. The van der Waals surface area contributed by atoms with Crippen molar-refractivity contribution in [2.45, 2.75) is 6.92 Å². The Morgan fingerprint density at radius 3 is 2.30 bits per heavy atom. The first kappa shape index (κ1) is 18.7. The Morgan fingerprint density at radius 1 is 0.963 bits per heavy atom. The van der Waals surface area contributed by atoms with Crippen molar-refractivity contribution in [3.8, 4) is 11.5 Å². The van der Waals surface area contributed by atoms with Crippen molar-refractivity contribution >= 4 is 29.0 Å². The lowest BCUT2D eigenvalue weighted by Crippen LogP contribution is -2.10. The summed E-state index contributed by atoms with van der Waals surface area (Å²) in [5.74, 6) is 0.497. The number of aryl methyl sites for hydroxylation is 1. The van der Waals surface area contributed by atoms with Crippen LogP contribution in [-0.2, 0) is 4.79 Å². The molecule has 0 radical (unpaired) electrons. The molecule has 3 aromatic rings. The van der Waals surface area contributed by atoms with Gasteiger partial charge in [-0.3, -0.25) is 0 Å². The topological polar surface area (TPSA) is 55.8 Å². The predicted octanol–water partition coefficient (Wildman–Crippen LogP) is 5.14. The minimum atomic E-state index is -0.963. The molecule has 0 aliphatic rings. The van der Waals surface area contributed by atoms with Crippen LogP contribution in [0.15, 0.2) is 66.0 Å². The number of rotatable bonds is 8. The molecule has 0 unspecified atom stereocenters. The van der Waals surface area contributed by atoms with Gasteiger partial charge in [0.1, 0.15) is 24.7 Å². The Hall–Kier alpha value is -3.05. The number of carbonyl (C=O) groups is 1. The molecular formula is C22H20O4S. The number of para-hydroxylation sites is 2. The molecule has 0 saturated carbocycles. The maximum atomic E-state index is 11.6. The number of hydrogen-bond acceptors (Lipinski definition) is 4. The maximum absolute atomic E-state index is 11.6. The van der Waals surface area contributed by atoms with E-state index >= 15 is 0 Å². The number of thiophene rings is 1. The highest BCUT2D eigenvalue weighted by atomic mass is 32.1. The maximum Gasteiger partial charge on any atom is 0.337 e. The van der Waals surface area contributed by atoms with Crippen molar-refractivity contribution in [3.63, 3.8) is 0 Å². The van der Waals surface area contributed by atoms with Gasteiger partial charge in [0.15, 0.2) is 0 Å². The molecular weight excluding hydrogens is 360 g/mol. The molecule has 1 aromatic heterocycles. The first-order chi connectivity index (χ1) is 13.1. The summed E-state index contributed by atoms with van der Waals surface area (Å²) < 4.78 is 11.6. The molecule has 0 bridgehead atoms. The Morgan fingerprint density at radius 2 is 1.63 bits per heavy atom. The Balaban J connectivity index is 1.70. The molecule has 27 heavy (non-hydrogen) atoms. The second-order valence-corrected chi connectivity index (χ2v) is 6.79. The quantitative estimate of drug-likeness (QED) is 0.434. The molecule has 138 valence electrons. The number of benzene rings is 2. The van der Waals surface area contributed by atoms with Crippen LogP contribution in [0.1, 0.15) is 16.0 Å². The van der Waals surface area contributed by atoms with Gasteiger partial charge in [-0.05, 0) is 42.1 Å². The summed E-state index contributed by atoms with van der Waals surface area (Å²) in [6.07, 6.45) is 1.64. The summed E-state index contributed by atoms with van der Waals surface area (Å²) in [7, 11) is 0. The molecule has 1 N–H and O–H groups in total. The lowest BCUT2D eigenvalue weighted by molar-refractivity contribution is -0.130. The van der Waals surface area contributed by atoms with E-state index in [9.17, 15) is 9.90 Å².